The van der Waals surface area contributed by atoms with Gasteiger partial charge >= 0.3 is 0 Å². The number of aryl methyl sites for hydroxylation is 1. The van der Waals surface area contributed by atoms with Gasteiger partial charge in [-0.15, -0.1) is 0 Å². The average Bonchev–Trinajstić information content (AvgIpc) is 2.45. The molecule has 1 unspecified atom stereocenters. The van der Waals surface area contributed by atoms with Crippen LogP contribution in [0.2, 0.25) is 0 Å². The first-order valence-electron chi connectivity index (χ1n) is 6.40. The van der Waals surface area contributed by atoms with Gasteiger partial charge in [-0.2, -0.15) is 0 Å². The van der Waals surface area contributed by atoms with Crippen LogP contribution in [0, 0.1) is 6.92 Å². The monoisotopic (exact) mass is 413 g/mol. The van der Waals surface area contributed by atoms with Gasteiger partial charge in [-0.25, -0.2) is 0 Å². The van der Waals surface area contributed by atoms with Crippen LogP contribution in [-0.2, 0) is 0 Å². The van der Waals surface area contributed by atoms with Crippen molar-refractivity contribution in [3.8, 4) is 11.5 Å². The molecule has 0 saturated carbocycles. The molecular weight excluding hydrogens is 398 g/mol. The Labute approximate surface area is 141 Å². The molecule has 0 aliphatic carbocycles. The van der Waals surface area contributed by atoms with Crippen LogP contribution in [0.15, 0.2) is 39.3 Å². The van der Waals surface area contributed by atoms with Gasteiger partial charge in [-0.1, -0.05) is 37.9 Å². The van der Waals surface area contributed by atoms with Gasteiger partial charge in [-0.3, -0.25) is 0 Å². The lowest BCUT2D eigenvalue weighted by Crippen LogP contribution is -2.13. The largest absolute Gasteiger partial charge is 0.493 e. The minimum Gasteiger partial charge on any atom is -0.493 e. The highest BCUT2D eigenvalue weighted by Crippen LogP contribution is 2.37. The highest BCUT2D eigenvalue weighted by Gasteiger charge is 2.17. The second-order valence-corrected chi connectivity index (χ2v) is 6.54. The van der Waals surface area contributed by atoms with E-state index in [0.717, 1.165) is 25.6 Å². The van der Waals surface area contributed by atoms with Crippen molar-refractivity contribution in [2.75, 3.05) is 14.2 Å². The van der Waals surface area contributed by atoms with E-state index >= 15 is 0 Å². The van der Waals surface area contributed by atoms with E-state index in [9.17, 15) is 0 Å². The maximum absolute atomic E-state index is 6.42. The third-order valence-electron chi connectivity index (χ3n) is 3.26. The summed E-state index contributed by atoms with van der Waals surface area (Å²) in [4.78, 5) is 0. The topological polar surface area (TPSA) is 44.5 Å². The van der Waals surface area contributed by atoms with E-state index in [0.29, 0.717) is 11.5 Å². The van der Waals surface area contributed by atoms with Gasteiger partial charge in [0.15, 0.2) is 11.5 Å². The van der Waals surface area contributed by atoms with Crippen molar-refractivity contribution in [2.24, 2.45) is 5.73 Å². The van der Waals surface area contributed by atoms with Crippen LogP contribution in [0.1, 0.15) is 22.7 Å². The number of halogens is 2. The Balaban J connectivity index is 2.49. The standard InChI is InChI=1S/C16H17Br2NO2/c1-9-4-10(6-11(17)5-9)16(19)12-7-14(20-2)15(21-3)8-13(12)18/h4-8,16H,19H2,1-3H3. The van der Waals surface area contributed by atoms with Gasteiger partial charge in [0.25, 0.3) is 0 Å². The van der Waals surface area contributed by atoms with Crippen LogP contribution >= 0.6 is 31.9 Å². The molecule has 0 aliphatic heterocycles. The number of benzene rings is 2. The van der Waals surface area contributed by atoms with Crippen LogP contribution < -0.4 is 15.2 Å². The summed E-state index contributed by atoms with van der Waals surface area (Å²) in [5.41, 5.74) is 9.57. The summed E-state index contributed by atoms with van der Waals surface area (Å²) in [7, 11) is 3.23. The normalized spacial score (nSPS) is 12.1. The zero-order valence-corrected chi connectivity index (χ0v) is 15.3. The molecule has 0 spiro atoms. The molecule has 0 aromatic heterocycles. The summed E-state index contributed by atoms with van der Waals surface area (Å²) in [5.74, 6) is 1.34. The quantitative estimate of drug-likeness (QED) is 0.795. The second-order valence-electron chi connectivity index (χ2n) is 4.77. The lowest BCUT2D eigenvalue weighted by Gasteiger charge is -2.18. The molecule has 2 rings (SSSR count). The smallest absolute Gasteiger partial charge is 0.161 e. The molecule has 0 bridgehead atoms. The fourth-order valence-electron chi connectivity index (χ4n) is 2.23. The molecule has 2 N–H and O–H groups in total. The highest BCUT2D eigenvalue weighted by molar-refractivity contribution is 9.10. The Bertz CT molecular complexity index is 639. The van der Waals surface area contributed by atoms with E-state index in [1.54, 1.807) is 14.2 Å². The lowest BCUT2D eigenvalue weighted by atomic mass is 9.98. The van der Waals surface area contributed by atoms with E-state index in [1.165, 1.54) is 0 Å². The fraction of sp³-hybridized carbons (Fsp3) is 0.250. The molecule has 21 heavy (non-hydrogen) atoms. The molecule has 5 heteroatoms. The van der Waals surface area contributed by atoms with Gasteiger partial charge in [0, 0.05) is 8.95 Å². The van der Waals surface area contributed by atoms with Crippen molar-refractivity contribution in [1.82, 2.24) is 0 Å². The molecule has 112 valence electrons. The minimum absolute atomic E-state index is 0.254. The molecule has 2 aromatic rings. The van der Waals surface area contributed by atoms with Crippen molar-refractivity contribution in [3.05, 3.63) is 56.0 Å². The molecule has 0 fully saturated rings. The van der Waals surface area contributed by atoms with Crippen molar-refractivity contribution in [3.63, 3.8) is 0 Å². The summed E-state index contributed by atoms with van der Waals surface area (Å²) in [6, 6.07) is 9.69. The van der Waals surface area contributed by atoms with E-state index in [-0.39, 0.29) is 6.04 Å². The Morgan fingerprint density at radius 2 is 1.57 bits per heavy atom. The Hall–Kier alpha value is -1.04. The van der Waals surface area contributed by atoms with E-state index in [1.807, 2.05) is 25.1 Å². The predicted octanol–water partition coefficient (Wildman–Crippen LogP) is 4.59. The molecule has 0 amide bonds. The van der Waals surface area contributed by atoms with E-state index < -0.39 is 0 Å². The Morgan fingerprint density at radius 3 is 2.14 bits per heavy atom. The molecule has 1 atom stereocenters. The zero-order valence-electron chi connectivity index (χ0n) is 12.1. The SMILES string of the molecule is COc1cc(Br)c(C(N)c2cc(C)cc(Br)c2)cc1OC. The predicted molar refractivity (Wildman–Crippen MR) is 92.2 cm³/mol. The first kappa shape index (κ1) is 16.3. The first-order valence-corrected chi connectivity index (χ1v) is 7.99. The Kier molecular flexibility index (Phi) is 5.30. The van der Waals surface area contributed by atoms with Crippen LogP contribution in [-0.4, -0.2) is 14.2 Å². The number of hydrogen-bond acceptors (Lipinski definition) is 3. The van der Waals surface area contributed by atoms with Crippen LogP contribution in [0.25, 0.3) is 0 Å². The van der Waals surface area contributed by atoms with Crippen LogP contribution in [0.4, 0.5) is 0 Å². The van der Waals surface area contributed by atoms with Gasteiger partial charge in [0.1, 0.15) is 0 Å². The number of methoxy groups -OCH3 is 2. The maximum Gasteiger partial charge on any atom is 0.161 e. The third-order valence-corrected chi connectivity index (χ3v) is 4.41. The summed E-state index contributed by atoms with van der Waals surface area (Å²) in [5, 5.41) is 0. The summed E-state index contributed by atoms with van der Waals surface area (Å²) >= 11 is 7.07. The van der Waals surface area contributed by atoms with Crippen molar-refractivity contribution in [2.45, 2.75) is 13.0 Å². The number of hydrogen-bond donors (Lipinski definition) is 1. The van der Waals surface area contributed by atoms with E-state index in [2.05, 4.69) is 44.0 Å². The minimum atomic E-state index is -0.254. The van der Waals surface area contributed by atoms with Gasteiger partial charge in [-0.05, 0) is 47.9 Å². The number of nitrogens with two attached hydrogens (primary N) is 1. The second kappa shape index (κ2) is 6.81. The van der Waals surface area contributed by atoms with Gasteiger partial charge in [0.05, 0.1) is 20.3 Å². The highest BCUT2D eigenvalue weighted by atomic mass is 79.9. The molecule has 0 saturated heterocycles. The molecule has 0 aliphatic rings. The van der Waals surface area contributed by atoms with Crippen molar-refractivity contribution in [1.29, 1.82) is 0 Å². The molecule has 3 nitrogen and oxygen atoms in total. The van der Waals surface area contributed by atoms with Gasteiger partial charge < -0.3 is 15.2 Å². The Morgan fingerprint density at radius 1 is 0.952 bits per heavy atom. The molecule has 0 heterocycles. The third kappa shape index (κ3) is 3.59. The average molecular weight is 415 g/mol. The fourth-order valence-corrected chi connectivity index (χ4v) is 3.43. The number of rotatable bonds is 4. The first-order chi connectivity index (χ1) is 9.96. The molecule has 2 aromatic carbocycles. The van der Waals surface area contributed by atoms with Gasteiger partial charge in [0.2, 0.25) is 0 Å². The summed E-state index contributed by atoms with van der Waals surface area (Å²) < 4.78 is 12.6. The van der Waals surface area contributed by atoms with Crippen molar-refractivity contribution < 1.29 is 9.47 Å². The van der Waals surface area contributed by atoms with E-state index in [4.69, 9.17) is 15.2 Å². The number of ether oxygens (including phenoxy) is 2. The zero-order chi connectivity index (χ0) is 15.6. The lowest BCUT2D eigenvalue weighted by molar-refractivity contribution is 0.354. The molecular formula is C16H17Br2NO2. The molecule has 0 radical (unpaired) electrons. The van der Waals surface area contributed by atoms with Crippen molar-refractivity contribution >= 4 is 31.9 Å². The summed E-state index contributed by atoms with van der Waals surface area (Å²) in [6.45, 7) is 2.05. The summed E-state index contributed by atoms with van der Waals surface area (Å²) in [6.07, 6.45) is 0. The van der Waals surface area contributed by atoms with Crippen LogP contribution in [0.5, 0.6) is 11.5 Å². The maximum atomic E-state index is 6.42. The van der Waals surface area contributed by atoms with Crippen LogP contribution in [0.3, 0.4) is 0 Å².